The molecule has 122 valence electrons. The van der Waals surface area contributed by atoms with Crippen LogP contribution >= 0.6 is 0 Å². The van der Waals surface area contributed by atoms with Crippen LogP contribution in [0, 0.1) is 0 Å². The van der Waals surface area contributed by atoms with E-state index in [1.54, 1.807) is 7.11 Å². The van der Waals surface area contributed by atoms with Gasteiger partial charge >= 0.3 is 0 Å². The molecule has 0 saturated carbocycles. The molecule has 0 aliphatic carbocycles. The monoisotopic (exact) mass is 306 g/mol. The number of carbonyl (C=O) groups is 2. The molecule has 0 aliphatic heterocycles. The summed E-state index contributed by atoms with van der Waals surface area (Å²) in [4.78, 5) is 22.3. The lowest BCUT2D eigenvalue weighted by Crippen LogP contribution is -2.28. The van der Waals surface area contributed by atoms with Crippen LogP contribution in [0.15, 0.2) is 24.3 Å². The third-order valence-electron chi connectivity index (χ3n) is 3.33. The molecule has 0 atom stereocenters. The summed E-state index contributed by atoms with van der Waals surface area (Å²) in [5.41, 5.74) is 1.26. The summed E-state index contributed by atoms with van der Waals surface area (Å²) in [5.74, 6) is 0.907. The van der Waals surface area contributed by atoms with Gasteiger partial charge in [0.2, 0.25) is 11.8 Å². The predicted molar refractivity (Wildman–Crippen MR) is 86.9 cm³/mol. The molecule has 0 fully saturated rings. The molecule has 2 amide bonds. The second-order valence-electron chi connectivity index (χ2n) is 5.24. The van der Waals surface area contributed by atoms with Crippen molar-refractivity contribution in [2.75, 3.05) is 20.2 Å². The van der Waals surface area contributed by atoms with Gasteiger partial charge in [-0.25, -0.2) is 0 Å². The van der Waals surface area contributed by atoms with Gasteiger partial charge in [0.05, 0.1) is 7.11 Å². The number of amides is 2. The number of ether oxygens (including phenoxy) is 1. The molecule has 0 radical (unpaired) electrons. The predicted octanol–water partition coefficient (Wildman–Crippen LogP) is 2.05. The van der Waals surface area contributed by atoms with Crippen molar-refractivity contribution in [1.82, 2.24) is 10.6 Å². The van der Waals surface area contributed by atoms with Crippen LogP contribution in [0.4, 0.5) is 0 Å². The van der Waals surface area contributed by atoms with Gasteiger partial charge in [-0.05, 0) is 43.4 Å². The fourth-order valence-electron chi connectivity index (χ4n) is 2.08. The summed E-state index contributed by atoms with van der Waals surface area (Å²) in [6.45, 7) is 2.70. The van der Waals surface area contributed by atoms with Gasteiger partial charge in [0.15, 0.2) is 0 Å². The maximum atomic E-state index is 11.6. The number of hydrogen-bond acceptors (Lipinski definition) is 3. The molecule has 5 nitrogen and oxygen atoms in total. The number of rotatable bonds is 10. The summed E-state index contributed by atoms with van der Waals surface area (Å²) >= 11 is 0. The summed E-state index contributed by atoms with van der Waals surface area (Å²) < 4.78 is 5.12. The SMILES string of the molecule is COc1ccc(CCCCC(=O)NCCCNC(C)=O)cc1. The third kappa shape index (κ3) is 8.29. The second-order valence-corrected chi connectivity index (χ2v) is 5.24. The lowest BCUT2D eigenvalue weighted by molar-refractivity contribution is -0.121. The van der Waals surface area contributed by atoms with Crippen molar-refractivity contribution in [2.24, 2.45) is 0 Å². The largest absolute Gasteiger partial charge is 0.497 e. The molecular formula is C17H26N2O3. The van der Waals surface area contributed by atoms with E-state index in [9.17, 15) is 9.59 Å². The van der Waals surface area contributed by atoms with Gasteiger partial charge in [-0.15, -0.1) is 0 Å². The van der Waals surface area contributed by atoms with E-state index in [1.165, 1.54) is 12.5 Å². The Bertz CT molecular complexity index is 457. The van der Waals surface area contributed by atoms with Crippen LogP contribution in [0.1, 0.15) is 38.2 Å². The van der Waals surface area contributed by atoms with E-state index in [2.05, 4.69) is 22.8 Å². The second kappa shape index (κ2) is 10.7. The molecule has 0 bridgehead atoms. The van der Waals surface area contributed by atoms with Gasteiger partial charge in [-0.3, -0.25) is 9.59 Å². The van der Waals surface area contributed by atoms with E-state index >= 15 is 0 Å². The Morgan fingerprint density at radius 2 is 1.68 bits per heavy atom. The Morgan fingerprint density at radius 3 is 2.32 bits per heavy atom. The highest BCUT2D eigenvalue weighted by Gasteiger charge is 2.01. The van der Waals surface area contributed by atoms with Crippen molar-refractivity contribution in [1.29, 1.82) is 0 Å². The highest BCUT2D eigenvalue weighted by atomic mass is 16.5. The van der Waals surface area contributed by atoms with Crippen LogP contribution in [0.25, 0.3) is 0 Å². The topological polar surface area (TPSA) is 67.4 Å². The molecule has 0 unspecified atom stereocenters. The lowest BCUT2D eigenvalue weighted by atomic mass is 10.1. The van der Waals surface area contributed by atoms with E-state index in [0.717, 1.165) is 31.4 Å². The van der Waals surface area contributed by atoms with Crippen LogP contribution in [0.5, 0.6) is 5.75 Å². The number of benzene rings is 1. The van der Waals surface area contributed by atoms with Crippen LogP contribution in [0.2, 0.25) is 0 Å². The minimum atomic E-state index is -0.0372. The van der Waals surface area contributed by atoms with Gasteiger partial charge in [0.1, 0.15) is 5.75 Å². The van der Waals surface area contributed by atoms with E-state index in [1.807, 2.05) is 12.1 Å². The van der Waals surface area contributed by atoms with E-state index in [4.69, 9.17) is 4.74 Å². The highest BCUT2D eigenvalue weighted by molar-refractivity contribution is 5.75. The Hall–Kier alpha value is -2.04. The van der Waals surface area contributed by atoms with Crippen molar-refractivity contribution >= 4 is 11.8 Å². The summed E-state index contributed by atoms with van der Waals surface area (Å²) in [7, 11) is 1.66. The maximum Gasteiger partial charge on any atom is 0.219 e. The number of unbranched alkanes of at least 4 members (excludes halogenated alkanes) is 1. The van der Waals surface area contributed by atoms with E-state index < -0.39 is 0 Å². The Labute approximate surface area is 132 Å². The van der Waals surface area contributed by atoms with Crippen LogP contribution < -0.4 is 15.4 Å². The molecule has 5 heteroatoms. The van der Waals surface area contributed by atoms with Crippen molar-refractivity contribution in [3.63, 3.8) is 0 Å². The van der Waals surface area contributed by atoms with Gasteiger partial charge in [-0.2, -0.15) is 0 Å². The molecule has 1 aromatic carbocycles. The van der Waals surface area contributed by atoms with Crippen LogP contribution in [-0.2, 0) is 16.0 Å². The minimum Gasteiger partial charge on any atom is -0.497 e. The van der Waals surface area contributed by atoms with E-state index in [-0.39, 0.29) is 11.8 Å². The summed E-state index contributed by atoms with van der Waals surface area (Å²) in [5, 5.41) is 5.56. The van der Waals surface area contributed by atoms with E-state index in [0.29, 0.717) is 19.5 Å². The standard InChI is InChI=1S/C17H26N2O3/c1-14(20)18-12-5-13-19-17(21)7-4-3-6-15-8-10-16(22-2)11-9-15/h8-11H,3-7,12-13H2,1-2H3,(H,18,20)(H,19,21). The zero-order chi connectivity index (χ0) is 16.2. The molecule has 0 aromatic heterocycles. The Kier molecular flexibility index (Phi) is 8.72. The molecule has 22 heavy (non-hydrogen) atoms. The smallest absolute Gasteiger partial charge is 0.219 e. The van der Waals surface area contributed by atoms with Crippen molar-refractivity contribution < 1.29 is 14.3 Å². The normalized spacial score (nSPS) is 10.1. The fraction of sp³-hybridized carbons (Fsp3) is 0.529. The molecule has 0 heterocycles. The fourth-order valence-corrected chi connectivity index (χ4v) is 2.08. The molecule has 0 saturated heterocycles. The number of carbonyl (C=O) groups excluding carboxylic acids is 2. The van der Waals surface area contributed by atoms with Gasteiger partial charge < -0.3 is 15.4 Å². The Balaban J connectivity index is 2.03. The van der Waals surface area contributed by atoms with Crippen molar-refractivity contribution in [3.8, 4) is 5.75 Å². The highest BCUT2D eigenvalue weighted by Crippen LogP contribution is 2.13. The van der Waals surface area contributed by atoms with Gasteiger partial charge in [0, 0.05) is 26.4 Å². The summed E-state index contributed by atoms with van der Waals surface area (Å²) in [6, 6.07) is 8.02. The van der Waals surface area contributed by atoms with Crippen LogP contribution in [-0.4, -0.2) is 32.0 Å². The molecule has 2 N–H and O–H groups in total. The average molecular weight is 306 g/mol. The minimum absolute atomic E-state index is 0.0372. The van der Waals surface area contributed by atoms with Gasteiger partial charge in [0.25, 0.3) is 0 Å². The zero-order valence-electron chi connectivity index (χ0n) is 13.5. The van der Waals surface area contributed by atoms with Crippen LogP contribution in [0.3, 0.4) is 0 Å². The molecule has 1 rings (SSSR count). The third-order valence-corrected chi connectivity index (χ3v) is 3.33. The van der Waals surface area contributed by atoms with Crippen molar-refractivity contribution in [3.05, 3.63) is 29.8 Å². The maximum absolute atomic E-state index is 11.6. The lowest BCUT2D eigenvalue weighted by Gasteiger charge is -2.06. The molecular weight excluding hydrogens is 280 g/mol. The number of methoxy groups -OCH3 is 1. The first-order valence-corrected chi connectivity index (χ1v) is 7.76. The number of aryl methyl sites for hydroxylation is 1. The molecule has 0 spiro atoms. The molecule has 0 aliphatic rings. The molecule has 1 aromatic rings. The average Bonchev–Trinajstić information content (AvgIpc) is 2.51. The quantitative estimate of drug-likeness (QED) is 0.650. The Morgan fingerprint density at radius 1 is 1.00 bits per heavy atom. The van der Waals surface area contributed by atoms with Gasteiger partial charge in [-0.1, -0.05) is 12.1 Å². The number of nitrogens with one attached hydrogen (secondary N) is 2. The summed E-state index contributed by atoms with van der Waals surface area (Å²) in [6.07, 6.45) is 4.16. The zero-order valence-corrected chi connectivity index (χ0v) is 13.5. The first kappa shape index (κ1) is 18.0. The first-order chi connectivity index (χ1) is 10.6. The first-order valence-electron chi connectivity index (χ1n) is 7.76. The number of hydrogen-bond donors (Lipinski definition) is 2. The van der Waals surface area contributed by atoms with Crippen molar-refractivity contribution in [2.45, 2.75) is 39.0 Å².